The first-order chi connectivity index (χ1) is 15.3. The van der Waals surface area contributed by atoms with Gasteiger partial charge in [0.25, 0.3) is 11.8 Å². The molecule has 32 heavy (non-hydrogen) atoms. The van der Waals surface area contributed by atoms with E-state index in [-0.39, 0.29) is 17.2 Å². The van der Waals surface area contributed by atoms with E-state index in [9.17, 15) is 9.59 Å². The summed E-state index contributed by atoms with van der Waals surface area (Å²) in [5, 5.41) is 2.95. The Hall–Kier alpha value is -3.40. The number of anilines is 1. The van der Waals surface area contributed by atoms with E-state index in [0.29, 0.717) is 29.3 Å². The molecule has 0 aromatic heterocycles. The molecule has 4 nitrogen and oxygen atoms in total. The molecule has 0 aliphatic carbocycles. The Balaban J connectivity index is 1.48. The number of nitrogens with one attached hydrogen (secondary N) is 1. The third kappa shape index (κ3) is 4.75. The van der Waals surface area contributed by atoms with Crippen molar-refractivity contribution in [3.8, 4) is 0 Å². The molecule has 1 aliphatic rings. The summed E-state index contributed by atoms with van der Waals surface area (Å²) in [4.78, 5) is 28.1. The van der Waals surface area contributed by atoms with E-state index in [1.807, 2.05) is 59.5 Å². The molecule has 1 N–H and O–H groups in total. The Bertz CT molecular complexity index is 1100. The van der Waals surface area contributed by atoms with Crippen LogP contribution in [-0.4, -0.2) is 29.8 Å². The molecular weight excluding hydrogens is 396 g/mol. The molecule has 1 saturated heterocycles. The first kappa shape index (κ1) is 21.8. The second-order valence-electron chi connectivity index (χ2n) is 9.47. The molecule has 0 bridgehead atoms. The molecular formula is C28H30N2O2. The summed E-state index contributed by atoms with van der Waals surface area (Å²) in [6.45, 7) is 7.84. The van der Waals surface area contributed by atoms with Crippen LogP contribution in [-0.2, 0) is 5.41 Å². The van der Waals surface area contributed by atoms with Crippen LogP contribution in [0.15, 0.2) is 78.9 Å². The monoisotopic (exact) mass is 426 g/mol. The Morgan fingerprint density at radius 3 is 2.22 bits per heavy atom. The van der Waals surface area contributed by atoms with Gasteiger partial charge >= 0.3 is 0 Å². The van der Waals surface area contributed by atoms with Gasteiger partial charge in [-0.3, -0.25) is 9.59 Å². The summed E-state index contributed by atoms with van der Waals surface area (Å²) < 4.78 is 0. The Morgan fingerprint density at radius 2 is 1.53 bits per heavy atom. The molecule has 1 heterocycles. The molecule has 0 radical (unpaired) electrons. The SMILES string of the molecule is CC(C)(C)c1ccc(C(=O)Nc2ccccc2C(=O)N2CCC(c3ccccc3)C2)cc1. The van der Waals surface area contributed by atoms with E-state index in [0.717, 1.165) is 13.0 Å². The molecule has 4 rings (SSSR count). The van der Waals surface area contributed by atoms with Gasteiger partial charge in [-0.2, -0.15) is 0 Å². The molecule has 1 unspecified atom stereocenters. The lowest BCUT2D eigenvalue weighted by atomic mass is 9.86. The zero-order valence-electron chi connectivity index (χ0n) is 19.0. The van der Waals surface area contributed by atoms with E-state index >= 15 is 0 Å². The van der Waals surface area contributed by atoms with Gasteiger partial charge in [-0.15, -0.1) is 0 Å². The van der Waals surface area contributed by atoms with Crippen molar-refractivity contribution in [2.24, 2.45) is 0 Å². The molecule has 1 aliphatic heterocycles. The van der Waals surface area contributed by atoms with E-state index < -0.39 is 0 Å². The minimum atomic E-state index is -0.214. The van der Waals surface area contributed by atoms with Gasteiger partial charge in [0.15, 0.2) is 0 Å². The highest BCUT2D eigenvalue weighted by Crippen LogP contribution is 2.29. The topological polar surface area (TPSA) is 49.4 Å². The maximum atomic E-state index is 13.3. The molecule has 3 aromatic rings. The highest BCUT2D eigenvalue weighted by atomic mass is 16.2. The number of rotatable bonds is 4. The van der Waals surface area contributed by atoms with Crippen LogP contribution in [0.4, 0.5) is 5.69 Å². The molecule has 1 atom stereocenters. The predicted octanol–water partition coefficient (Wildman–Crippen LogP) is 5.87. The van der Waals surface area contributed by atoms with Gasteiger partial charge in [0.1, 0.15) is 0 Å². The van der Waals surface area contributed by atoms with Gasteiger partial charge in [-0.1, -0.05) is 75.4 Å². The number of likely N-dealkylation sites (tertiary alicyclic amines) is 1. The highest BCUT2D eigenvalue weighted by molar-refractivity contribution is 6.09. The van der Waals surface area contributed by atoms with Crippen LogP contribution < -0.4 is 5.32 Å². The Morgan fingerprint density at radius 1 is 0.875 bits per heavy atom. The van der Waals surface area contributed by atoms with Gasteiger partial charge in [-0.25, -0.2) is 0 Å². The number of nitrogens with zero attached hydrogens (tertiary/aromatic N) is 1. The summed E-state index contributed by atoms with van der Waals surface area (Å²) in [7, 11) is 0. The smallest absolute Gasteiger partial charge is 0.255 e. The largest absolute Gasteiger partial charge is 0.338 e. The molecule has 1 fully saturated rings. The fraction of sp³-hybridized carbons (Fsp3) is 0.286. The van der Waals surface area contributed by atoms with Gasteiger partial charge in [0, 0.05) is 24.6 Å². The quantitative estimate of drug-likeness (QED) is 0.567. The van der Waals surface area contributed by atoms with Crippen LogP contribution in [0.25, 0.3) is 0 Å². The molecule has 2 amide bonds. The van der Waals surface area contributed by atoms with Crippen LogP contribution in [0.3, 0.4) is 0 Å². The third-order valence-corrected chi connectivity index (χ3v) is 6.17. The van der Waals surface area contributed by atoms with Crippen molar-refractivity contribution in [3.05, 3.63) is 101 Å². The van der Waals surface area contributed by atoms with E-state index in [2.05, 4.69) is 38.2 Å². The van der Waals surface area contributed by atoms with Crippen LogP contribution in [0, 0.1) is 0 Å². The first-order valence-corrected chi connectivity index (χ1v) is 11.2. The van der Waals surface area contributed by atoms with Crippen LogP contribution >= 0.6 is 0 Å². The standard InChI is InChI=1S/C28H30N2O2/c1-28(2,3)23-15-13-21(14-16-23)26(31)29-25-12-8-7-11-24(25)27(32)30-18-17-22(19-30)20-9-5-4-6-10-20/h4-16,22H,17-19H2,1-3H3,(H,29,31). The zero-order valence-corrected chi connectivity index (χ0v) is 19.0. The highest BCUT2D eigenvalue weighted by Gasteiger charge is 2.29. The van der Waals surface area contributed by atoms with Crippen LogP contribution in [0.5, 0.6) is 0 Å². The Kier molecular flexibility index (Phi) is 6.13. The molecule has 4 heteroatoms. The molecule has 0 spiro atoms. The number of para-hydroxylation sites is 1. The summed E-state index contributed by atoms with van der Waals surface area (Å²) in [5.41, 5.74) is 4.12. The summed E-state index contributed by atoms with van der Waals surface area (Å²) in [5.74, 6) is 0.0972. The van der Waals surface area contributed by atoms with Crippen molar-refractivity contribution in [2.45, 2.75) is 38.5 Å². The molecule has 3 aromatic carbocycles. The second-order valence-corrected chi connectivity index (χ2v) is 9.47. The first-order valence-electron chi connectivity index (χ1n) is 11.2. The average Bonchev–Trinajstić information content (AvgIpc) is 3.29. The van der Waals surface area contributed by atoms with Gasteiger partial charge < -0.3 is 10.2 Å². The number of benzene rings is 3. The second kappa shape index (κ2) is 8.99. The van der Waals surface area contributed by atoms with Gasteiger partial charge in [-0.05, 0) is 47.2 Å². The lowest BCUT2D eigenvalue weighted by Gasteiger charge is -2.20. The number of carbonyl (C=O) groups is 2. The summed E-state index contributed by atoms with van der Waals surface area (Å²) >= 11 is 0. The summed E-state index contributed by atoms with van der Waals surface area (Å²) in [6, 6.07) is 25.2. The summed E-state index contributed by atoms with van der Waals surface area (Å²) in [6.07, 6.45) is 0.949. The normalized spacial score (nSPS) is 16.1. The zero-order chi connectivity index (χ0) is 22.7. The van der Waals surface area contributed by atoms with Crippen molar-refractivity contribution in [1.29, 1.82) is 0 Å². The minimum Gasteiger partial charge on any atom is -0.338 e. The van der Waals surface area contributed by atoms with Crippen molar-refractivity contribution >= 4 is 17.5 Å². The van der Waals surface area contributed by atoms with Crippen molar-refractivity contribution < 1.29 is 9.59 Å². The van der Waals surface area contributed by atoms with E-state index in [4.69, 9.17) is 0 Å². The lowest BCUT2D eigenvalue weighted by molar-refractivity contribution is 0.0792. The minimum absolute atomic E-state index is 0.0291. The van der Waals surface area contributed by atoms with Gasteiger partial charge in [0.05, 0.1) is 11.3 Å². The van der Waals surface area contributed by atoms with E-state index in [1.54, 1.807) is 12.1 Å². The van der Waals surface area contributed by atoms with Crippen LogP contribution in [0.1, 0.15) is 65.0 Å². The maximum absolute atomic E-state index is 13.3. The van der Waals surface area contributed by atoms with Crippen molar-refractivity contribution in [1.82, 2.24) is 4.90 Å². The van der Waals surface area contributed by atoms with Crippen molar-refractivity contribution in [3.63, 3.8) is 0 Å². The molecule has 164 valence electrons. The van der Waals surface area contributed by atoms with E-state index in [1.165, 1.54) is 11.1 Å². The maximum Gasteiger partial charge on any atom is 0.255 e. The predicted molar refractivity (Wildman–Crippen MR) is 129 cm³/mol. The van der Waals surface area contributed by atoms with Crippen molar-refractivity contribution in [2.75, 3.05) is 18.4 Å². The lowest BCUT2D eigenvalue weighted by Crippen LogP contribution is -2.29. The number of hydrogen-bond acceptors (Lipinski definition) is 2. The fourth-order valence-electron chi connectivity index (χ4n) is 4.21. The molecule has 0 saturated carbocycles. The number of carbonyl (C=O) groups excluding carboxylic acids is 2. The number of hydrogen-bond donors (Lipinski definition) is 1. The van der Waals surface area contributed by atoms with Gasteiger partial charge in [0.2, 0.25) is 0 Å². The fourth-order valence-corrected chi connectivity index (χ4v) is 4.21. The van der Waals surface area contributed by atoms with Crippen LogP contribution in [0.2, 0.25) is 0 Å². The average molecular weight is 427 g/mol. The number of amides is 2. The Labute approximate surface area is 190 Å². The third-order valence-electron chi connectivity index (χ3n) is 6.17.